The fourth-order valence-corrected chi connectivity index (χ4v) is 8.44. The second-order valence-electron chi connectivity index (χ2n) is 13.6. The molecule has 0 fully saturated rings. The van der Waals surface area contributed by atoms with Crippen molar-refractivity contribution in [2.24, 2.45) is 0 Å². The molecule has 0 N–H and O–H groups in total. The molecule has 10 aromatic carbocycles. The average Bonchev–Trinajstić information content (AvgIpc) is 3.57. The Balaban J connectivity index is 1.15. The first-order valence-corrected chi connectivity index (χ1v) is 17.6. The highest BCUT2D eigenvalue weighted by Gasteiger charge is 2.19. The van der Waals surface area contributed by atoms with Crippen LogP contribution < -0.4 is 0 Å². The molecule has 0 saturated heterocycles. The molecule has 11 rings (SSSR count). The fraction of sp³-hybridized carbons (Fsp3) is 0. The maximum absolute atomic E-state index is 6.85. The Morgan fingerprint density at radius 1 is 0.275 bits per heavy atom. The van der Waals surface area contributed by atoms with Crippen molar-refractivity contribution in [2.75, 3.05) is 0 Å². The van der Waals surface area contributed by atoms with Crippen LogP contribution in [0.25, 0.3) is 109 Å². The summed E-state index contributed by atoms with van der Waals surface area (Å²) in [6, 6.07) is 66.3. The van der Waals surface area contributed by atoms with E-state index in [0.29, 0.717) is 0 Å². The molecule has 0 amide bonds. The molecule has 51 heavy (non-hydrogen) atoms. The molecule has 0 aliphatic heterocycles. The summed E-state index contributed by atoms with van der Waals surface area (Å²) in [4.78, 5) is 0. The molecule has 1 heteroatoms. The van der Waals surface area contributed by atoms with Gasteiger partial charge in [-0.1, -0.05) is 152 Å². The van der Waals surface area contributed by atoms with Crippen LogP contribution in [0, 0.1) is 0 Å². The van der Waals surface area contributed by atoms with Crippen LogP contribution in [0.2, 0.25) is 0 Å². The van der Waals surface area contributed by atoms with Crippen molar-refractivity contribution in [3.63, 3.8) is 0 Å². The zero-order valence-corrected chi connectivity index (χ0v) is 27.7. The minimum absolute atomic E-state index is 0.898. The molecule has 1 nitrogen and oxygen atoms in total. The van der Waals surface area contributed by atoms with E-state index >= 15 is 0 Å². The molecule has 0 atom stereocenters. The van der Waals surface area contributed by atoms with Crippen LogP contribution in [-0.4, -0.2) is 0 Å². The molecule has 0 aliphatic rings. The molecule has 0 spiro atoms. The van der Waals surface area contributed by atoms with E-state index in [0.717, 1.165) is 32.9 Å². The first-order chi connectivity index (χ1) is 25.3. The van der Waals surface area contributed by atoms with E-state index in [9.17, 15) is 0 Å². The van der Waals surface area contributed by atoms with Gasteiger partial charge in [0.2, 0.25) is 0 Å². The number of furan rings is 1. The molecule has 1 aromatic heterocycles. The summed E-state index contributed by atoms with van der Waals surface area (Å²) in [6.07, 6.45) is 0. The van der Waals surface area contributed by atoms with Crippen LogP contribution in [0.5, 0.6) is 0 Å². The molecule has 0 bridgehead atoms. The van der Waals surface area contributed by atoms with Crippen molar-refractivity contribution in [1.82, 2.24) is 0 Å². The van der Waals surface area contributed by atoms with E-state index in [2.05, 4.69) is 182 Å². The number of fused-ring (bicyclic) bond motifs is 9. The maximum Gasteiger partial charge on any atom is 0.143 e. The molecule has 0 unspecified atom stereocenters. The van der Waals surface area contributed by atoms with Crippen molar-refractivity contribution in [2.45, 2.75) is 0 Å². The smallest absolute Gasteiger partial charge is 0.143 e. The van der Waals surface area contributed by atoms with Gasteiger partial charge in [-0.25, -0.2) is 0 Å². The summed E-state index contributed by atoms with van der Waals surface area (Å²) in [5.41, 5.74) is 9.15. The molecule has 236 valence electrons. The zero-order chi connectivity index (χ0) is 33.5. The summed E-state index contributed by atoms with van der Waals surface area (Å²) in [6.45, 7) is 0. The van der Waals surface area contributed by atoms with Gasteiger partial charge in [0.15, 0.2) is 0 Å². The Morgan fingerprint density at radius 3 is 1.33 bits per heavy atom. The third kappa shape index (κ3) is 4.28. The molecular weight excluding hydrogens is 617 g/mol. The number of hydrogen-bond acceptors (Lipinski definition) is 1. The predicted octanol–water partition coefficient (Wildman–Crippen LogP) is 14.4. The predicted molar refractivity (Wildman–Crippen MR) is 218 cm³/mol. The van der Waals surface area contributed by atoms with E-state index < -0.39 is 0 Å². The lowest BCUT2D eigenvalue weighted by Crippen LogP contribution is -1.91. The fourth-order valence-electron chi connectivity index (χ4n) is 8.44. The van der Waals surface area contributed by atoms with Gasteiger partial charge in [-0.15, -0.1) is 0 Å². The van der Waals surface area contributed by atoms with Gasteiger partial charge in [-0.3, -0.25) is 0 Å². The van der Waals surface area contributed by atoms with Gasteiger partial charge in [0.05, 0.1) is 0 Å². The number of hydrogen-bond donors (Lipinski definition) is 0. The van der Waals surface area contributed by atoms with Crippen molar-refractivity contribution in [3.05, 3.63) is 182 Å². The molecule has 0 saturated carbocycles. The lowest BCUT2D eigenvalue weighted by Gasteiger charge is -2.18. The van der Waals surface area contributed by atoms with Crippen LogP contribution in [0.15, 0.2) is 186 Å². The Bertz CT molecular complexity index is 3140. The van der Waals surface area contributed by atoms with Gasteiger partial charge in [0.25, 0.3) is 0 Å². The van der Waals surface area contributed by atoms with E-state index in [-0.39, 0.29) is 0 Å². The van der Waals surface area contributed by atoms with Gasteiger partial charge in [-0.05, 0) is 112 Å². The van der Waals surface area contributed by atoms with Gasteiger partial charge >= 0.3 is 0 Å². The van der Waals surface area contributed by atoms with Gasteiger partial charge in [0, 0.05) is 16.2 Å². The number of rotatable bonds is 3. The van der Waals surface area contributed by atoms with Crippen molar-refractivity contribution < 1.29 is 4.42 Å². The lowest BCUT2D eigenvalue weighted by atomic mass is 9.85. The Kier molecular flexibility index (Phi) is 6.02. The monoisotopic (exact) mass is 646 g/mol. The standard InChI is InChI=1S/C50H30O/c1-3-13-33-27-35(23-21-31(33)11-1)45-30-46-39-26-25-37(29-47(39)51-50(46)44-20-10-5-15-38(44)45)49-42-18-8-6-16-40(42)48(41-17-7-9-19-43(41)49)36-24-22-32-12-2-4-14-34(32)28-36/h1-30H. The topological polar surface area (TPSA) is 13.1 Å². The van der Waals surface area contributed by atoms with Gasteiger partial charge in [-0.2, -0.15) is 0 Å². The summed E-state index contributed by atoms with van der Waals surface area (Å²) >= 11 is 0. The van der Waals surface area contributed by atoms with E-state index in [1.54, 1.807) is 0 Å². The van der Waals surface area contributed by atoms with E-state index in [1.807, 2.05) is 0 Å². The highest BCUT2D eigenvalue weighted by Crippen LogP contribution is 2.46. The summed E-state index contributed by atoms with van der Waals surface area (Å²) in [5.74, 6) is 0. The van der Waals surface area contributed by atoms with E-state index in [1.165, 1.54) is 76.3 Å². The summed E-state index contributed by atoms with van der Waals surface area (Å²) < 4.78 is 6.85. The summed E-state index contributed by atoms with van der Waals surface area (Å²) in [5, 5.41) is 14.6. The van der Waals surface area contributed by atoms with Crippen LogP contribution in [0.1, 0.15) is 0 Å². The Labute approximate surface area is 294 Å². The minimum Gasteiger partial charge on any atom is -0.455 e. The first kappa shape index (κ1) is 28.2. The average molecular weight is 647 g/mol. The zero-order valence-electron chi connectivity index (χ0n) is 27.7. The Morgan fingerprint density at radius 2 is 0.725 bits per heavy atom. The second-order valence-corrected chi connectivity index (χ2v) is 13.6. The molecule has 1 heterocycles. The van der Waals surface area contributed by atoms with Crippen LogP contribution in [0.4, 0.5) is 0 Å². The van der Waals surface area contributed by atoms with Gasteiger partial charge < -0.3 is 4.42 Å². The molecule has 0 aliphatic carbocycles. The SMILES string of the molecule is c1ccc2cc(-c3c4ccccc4c(-c4ccc5c(c4)oc4c6ccccc6c(-c6ccc7ccccc7c6)cc54)c4ccccc34)ccc2c1. The largest absolute Gasteiger partial charge is 0.455 e. The highest BCUT2D eigenvalue weighted by atomic mass is 16.3. The third-order valence-corrected chi connectivity index (χ3v) is 10.8. The minimum atomic E-state index is 0.898. The Hall–Kier alpha value is -6.70. The number of benzene rings is 10. The first-order valence-electron chi connectivity index (χ1n) is 17.6. The third-order valence-electron chi connectivity index (χ3n) is 10.8. The summed E-state index contributed by atoms with van der Waals surface area (Å²) in [7, 11) is 0. The van der Waals surface area contributed by atoms with Crippen LogP contribution in [-0.2, 0) is 0 Å². The van der Waals surface area contributed by atoms with Crippen molar-refractivity contribution >= 4 is 75.8 Å². The molecule has 11 aromatic rings. The van der Waals surface area contributed by atoms with Crippen LogP contribution in [0.3, 0.4) is 0 Å². The lowest BCUT2D eigenvalue weighted by molar-refractivity contribution is 0.673. The molecular formula is C50H30O. The molecule has 0 radical (unpaired) electrons. The maximum atomic E-state index is 6.85. The quantitative estimate of drug-likeness (QED) is 0.174. The van der Waals surface area contributed by atoms with Crippen molar-refractivity contribution in [3.8, 4) is 33.4 Å². The van der Waals surface area contributed by atoms with Crippen molar-refractivity contribution in [1.29, 1.82) is 0 Å². The normalized spacial score (nSPS) is 11.9. The highest BCUT2D eigenvalue weighted by molar-refractivity contribution is 6.23. The van der Waals surface area contributed by atoms with Crippen LogP contribution >= 0.6 is 0 Å². The van der Waals surface area contributed by atoms with E-state index in [4.69, 9.17) is 4.42 Å². The second kappa shape index (κ2) is 10.9. The van der Waals surface area contributed by atoms with Gasteiger partial charge in [0.1, 0.15) is 11.2 Å².